The summed E-state index contributed by atoms with van der Waals surface area (Å²) < 4.78 is 0. The van der Waals surface area contributed by atoms with Crippen molar-refractivity contribution in [3.63, 3.8) is 0 Å². The Hall–Kier alpha value is -2.41. The van der Waals surface area contributed by atoms with Crippen LogP contribution in [0.3, 0.4) is 0 Å². The van der Waals surface area contributed by atoms with Gasteiger partial charge in [0.05, 0.1) is 7.05 Å². The fourth-order valence-corrected chi connectivity index (χ4v) is 1.98. The number of hydrogen-bond acceptors (Lipinski definition) is 3. The van der Waals surface area contributed by atoms with E-state index in [0.717, 1.165) is 10.5 Å². The van der Waals surface area contributed by atoms with Crippen LogP contribution in [0.2, 0.25) is 0 Å². The SMILES string of the molecule is CCNC(=O)NC(=O)C[NH+](C)Cc1ccc(C(=O)NC)cc1. The van der Waals surface area contributed by atoms with Crippen molar-refractivity contribution in [2.24, 2.45) is 0 Å². The van der Waals surface area contributed by atoms with Gasteiger partial charge in [-0.25, -0.2) is 4.79 Å². The van der Waals surface area contributed by atoms with Crippen molar-refractivity contribution in [1.82, 2.24) is 16.0 Å². The van der Waals surface area contributed by atoms with Crippen molar-refractivity contribution < 1.29 is 19.3 Å². The van der Waals surface area contributed by atoms with E-state index in [-0.39, 0.29) is 18.4 Å². The number of hydrogen-bond donors (Lipinski definition) is 4. The molecule has 0 bridgehead atoms. The number of likely N-dealkylation sites (N-methyl/N-ethyl adjacent to an activating group) is 1. The Kier molecular flexibility index (Phi) is 7.04. The first-order chi connectivity index (χ1) is 10.5. The molecule has 0 spiro atoms. The summed E-state index contributed by atoms with van der Waals surface area (Å²) in [6.07, 6.45) is 0. The lowest BCUT2D eigenvalue weighted by Crippen LogP contribution is -3.09. The zero-order chi connectivity index (χ0) is 16.5. The van der Waals surface area contributed by atoms with E-state index >= 15 is 0 Å². The largest absolute Gasteiger partial charge is 0.355 e. The summed E-state index contributed by atoms with van der Waals surface area (Å²) in [6, 6.07) is 6.73. The molecule has 1 atom stereocenters. The van der Waals surface area contributed by atoms with E-state index in [1.807, 2.05) is 19.2 Å². The molecule has 0 aliphatic heterocycles. The maximum Gasteiger partial charge on any atom is 0.321 e. The Morgan fingerprint density at radius 3 is 2.32 bits per heavy atom. The smallest absolute Gasteiger partial charge is 0.321 e. The molecule has 0 saturated heterocycles. The Bertz CT molecular complexity index is 528. The lowest BCUT2D eigenvalue weighted by molar-refractivity contribution is -0.885. The van der Waals surface area contributed by atoms with E-state index in [2.05, 4.69) is 16.0 Å². The highest BCUT2D eigenvalue weighted by atomic mass is 16.2. The summed E-state index contributed by atoms with van der Waals surface area (Å²) in [6.45, 7) is 3.06. The minimum absolute atomic E-state index is 0.131. The summed E-state index contributed by atoms with van der Waals surface area (Å²) in [7, 11) is 3.45. The number of nitrogens with one attached hydrogen (secondary N) is 4. The molecule has 0 aliphatic rings. The first-order valence-electron chi connectivity index (χ1n) is 7.16. The maximum absolute atomic E-state index is 11.7. The lowest BCUT2D eigenvalue weighted by Gasteiger charge is -2.14. The lowest BCUT2D eigenvalue weighted by atomic mass is 10.1. The molecule has 0 aliphatic carbocycles. The zero-order valence-electron chi connectivity index (χ0n) is 13.2. The molecule has 22 heavy (non-hydrogen) atoms. The van der Waals surface area contributed by atoms with Crippen LogP contribution in [0, 0.1) is 0 Å². The highest BCUT2D eigenvalue weighted by Crippen LogP contribution is 2.03. The molecule has 4 amide bonds. The van der Waals surface area contributed by atoms with Gasteiger partial charge in [0.25, 0.3) is 11.8 Å². The number of quaternary nitrogens is 1. The summed E-state index contributed by atoms with van der Waals surface area (Å²) in [5.41, 5.74) is 1.61. The second kappa shape index (κ2) is 8.78. The third kappa shape index (κ3) is 5.92. The molecule has 1 aromatic rings. The molecule has 0 radical (unpaired) electrons. The summed E-state index contributed by atoms with van der Waals surface area (Å²) in [5, 5.41) is 7.33. The average Bonchev–Trinajstić information content (AvgIpc) is 2.47. The number of benzene rings is 1. The van der Waals surface area contributed by atoms with Crippen molar-refractivity contribution in [3.05, 3.63) is 35.4 Å². The van der Waals surface area contributed by atoms with Crippen LogP contribution >= 0.6 is 0 Å². The quantitative estimate of drug-likeness (QED) is 0.538. The third-order valence-corrected chi connectivity index (χ3v) is 3.00. The van der Waals surface area contributed by atoms with Gasteiger partial charge < -0.3 is 15.5 Å². The fraction of sp³-hybridized carbons (Fsp3) is 0.400. The van der Waals surface area contributed by atoms with Crippen LogP contribution in [-0.2, 0) is 11.3 Å². The first-order valence-corrected chi connectivity index (χ1v) is 7.16. The second-order valence-corrected chi connectivity index (χ2v) is 4.99. The highest BCUT2D eigenvalue weighted by Gasteiger charge is 2.13. The predicted octanol–water partition coefficient (Wildman–Crippen LogP) is -1.09. The molecule has 7 nitrogen and oxygen atoms in total. The van der Waals surface area contributed by atoms with E-state index in [4.69, 9.17) is 0 Å². The van der Waals surface area contributed by atoms with Crippen molar-refractivity contribution in [1.29, 1.82) is 0 Å². The topological polar surface area (TPSA) is 91.7 Å². The van der Waals surface area contributed by atoms with Crippen LogP contribution in [0.1, 0.15) is 22.8 Å². The second-order valence-electron chi connectivity index (χ2n) is 4.99. The third-order valence-electron chi connectivity index (χ3n) is 3.00. The summed E-state index contributed by atoms with van der Waals surface area (Å²) >= 11 is 0. The van der Waals surface area contributed by atoms with Gasteiger partial charge in [0.1, 0.15) is 6.54 Å². The fourth-order valence-electron chi connectivity index (χ4n) is 1.98. The molecule has 0 heterocycles. The standard InChI is InChI=1S/C15H22N4O3/c1-4-17-15(22)18-13(20)10-19(3)9-11-5-7-12(8-6-11)14(21)16-2/h5-8H,4,9-10H2,1-3H3,(H,16,21)(H2,17,18,20,22)/p+1. The van der Waals surface area contributed by atoms with E-state index in [1.54, 1.807) is 26.1 Å². The van der Waals surface area contributed by atoms with Gasteiger partial charge in [0, 0.05) is 24.7 Å². The number of imide groups is 1. The van der Waals surface area contributed by atoms with E-state index in [0.29, 0.717) is 18.7 Å². The maximum atomic E-state index is 11.7. The Morgan fingerprint density at radius 2 is 1.77 bits per heavy atom. The zero-order valence-corrected chi connectivity index (χ0v) is 13.2. The Balaban J connectivity index is 2.47. The number of rotatable bonds is 6. The van der Waals surface area contributed by atoms with E-state index in [9.17, 15) is 14.4 Å². The predicted molar refractivity (Wildman–Crippen MR) is 82.5 cm³/mol. The van der Waals surface area contributed by atoms with Gasteiger partial charge in [-0.1, -0.05) is 12.1 Å². The number of carbonyl (C=O) groups excluding carboxylic acids is 3. The van der Waals surface area contributed by atoms with Crippen molar-refractivity contribution >= 4 is 17.8 Å². The summed E-state index contributed by atoms with van der Waals surface area (Å²) in [5.74, 6) is -0.459. The molecule has 1 unspecified atom stereocenters. The van der Waals surface area contributed by atoms with E-state index < -0.39 is 6.03 Å². The molecule has 1 rings (SSSR count). The molecule has 0 saturated carbocycles. The Morgan fingerprint density at radius 1 is 1.14 bits per heavy atom. The van der Waals surface area contributed by atoms with Crippen LogP contribution in [0.25, 0.3) is 0 Å². The first kappa shape index (κ1) is 17.6. The molecular weight excluding hydrogens is 284 g/mol. The molecule has 0 aromatic heterocycles. The van der Waals surface area contributed by atoms with Crippen molar-refractivity contribution in [2.45, 2.75) is 13.5 Å². The van der Waals surface area contributed by atoms with E-state index in [1.165, 1.54) is 0 Å². The molecule has 4 N–H and O–H groups in total. The van der Waals surface area contributed by atoms with Gasteiger partial charge in [0.2, 0.25) is 0 Å². The van der Waals surface area contributed by atoms with Crippen molar-refractivity contribution in [3.8, 4) is 0 Å². The van der Waals surface area contributed by atoms with Crippen LogP contribution < -0.4 is 20.9 Å². The molecule has 120 valence electrons. The molecule has 7 heteroatoms. The normalized spacial score (nSPS) is 11.4. The van der Waals surface area contributed by atoms with Crippen LogP contribution in [0.15, 0.2) is 24.3 Å². The summed E-state index contributed by atoms with van der Waals surface area (Å²) in [4.78, 5) is 35.3. The van der Waals surface area contributed by atoms with Crippen LogP contribution in [-0.4, -0.2) is 45.0 Å². The number of carbonyl (C=O) groups is 3. The average molecular weight is 307 g/mol. The van der Waals surface area contributed by atoms with Gasteiger partial charge in [-0.15, -0.1) is 0 Å². The van der Waals surface area contributed by atoms with Crippen LogP contribution in [0.5, 0.6) is 0 Å². The number of amides is 4. The van der Waals surface area contributed by atoms with Gasteiger partial charge in [-0.05, 0) is 19.1 Å². The molecule has 1 aromatic carbocycles. The highest BCUT2D eigenvalue weighted by molar-refractivity contribution is 5.94. The number of urea groups is 1. The van der Waals surface area contributed by atoms with Crippen LogP contribution in [0.4, 0.5) is 4.79 Å². The van der Waals surface area contributed by atoms with Gasteiger partial charge in [-0.3, -0.25) is 14.9 Å². The minimum atomic E-state index is -0.477. The minimum Gasteiger partial charge on any atom is -0.355 e. The molecular formula is C15H23N4O3+. The molecule has 0 fully saturated rings. The van der Waals surface area contributed by atoms with Gasteiger partial charge in [0.15, 0.2) is 6.54 Å². The van der Waals surface area contributed by atoms with Gasteiger partial charge >= 0.3 is 6.03 Å². The Labute approximate surface area is 130 Å². The van der Waals surface area contributed by atoms with Crippen molar-refractivity contribution in [2.75, 3.05) is 27.2 Å². The van der Waals surface area contributed by atoms with Gasteiger partial charge in [-0.2, -0.15) is 0 Å². The monoisotopic (exact) mass is 307 g/mol.